The Bertz CT molecular complexity index is 858. The molecule has 32 heavy (non-hydrogen) atoms. The molecule has 0 radical (unpaired) electrons. The van der Waals surface area contributed by atoms with E-state index in [1.807, 2.05) is 48.5 Å². The Hall–Kier alpha value is -3.35. The lowest BCUT2D eigenvalue weighted by Gasteiger charge is -2.30. The molecular formula is C25H28N2O5. The molecule has 0 aliphatic carbocycles. The summed E-state index contributed by atoms with van der Waals surface area (Å²) in [6.07, 6.45) is 2.21. The molecule has 0 spiro atoms. The van der Waals surface area contributed by atoms with E-state index in [0.29, 0.717) is 31.7 Å². The van der Waals surface area contributed by atoms with Crippen LogP contribution in [-0.2, 0) is 20.9 Å². The number of benzene rings is 2. The first kappa shape index (κ1) is 21.9. The minimum absolute atomic E-state index is 0.0774. The average molecular weight is 437 g/mol. The largest absolute Gasteiger partial charge is 0.486 e. The van der Waals surface area contributed by atoms with Gasteiger partial charge in [-0.05, 0) is 43.4 Å². The molecule has 0 N–H and O–H groups in total. The summed E-state index contributed by atoms with van der Waals surface area (Å²) in [4.78, 5) is 41.9. The quantitative estimate of drug-likeness (QED) is 0.665. The molecule has 2 heterocycles. The van der Waals surface area contributed by atoms with Crippen LogP contribution in [0.15, 0.2) is 60.7 Å². The van der Waals surface area contributed by atoms with E-state index < -0.39 is 18.2 Å². The standard InChI is InChI=1S/C25H28N2O5/c28-23(18-31-20-11-5-2-6-12-20)21-13-7-15-26(21)24(29)22-14-8-16-27(22)25(30)32-17-19-9-3-1-4-10-19/h1-6,9-12,21-22H,7-8,13-18H2/t21?,22-/m0/s1. The van der Waals surface area contributed by atoms with E-state index in [9.17, 15) is 14.4 Å². The summed E-state index contributed by atoms with van der Waals surface area (Å²) in [7, 11) is 0. The summed E-state index contributed by atoms with van der Waals surface area (Å²) in [6.45, 7) is 1.09. The number of rotatable bonds is 7. The van der Waals surface area contributed by atoms with Gasteiger partial charge in [-0.15, -0.1) is 0 Å². The molecule has 2 atom stereocenters. The first-order chi connectivity index (χ1) is 15.6. The number of carbonyl (C=O) groups excluding carboxylic acids is 3. The van der Waals surface area contributed by atoms with E-state index in [0.717, 1.165) is 18.4 Å². The number of likely N-dealkylation sites (tertiary alicyclic amines) is 2. The van der Waals surface area contributed by atoms with Crippen molar-refractivity contribution in [3.8, 4) is 5.75 Å². The third kappa shape index (κ3) is 5.10. The SMILES string of the molecule is O=C(COc1ccccc1)C1CCCN1C(=O)[C@@H]1CCCN1C(=O)OCc1ccccc1. The van der Waals surface area contributed by atoms with Crippen LogP contribution in [0.3, 0.4) is 0 Å². The molecule has 1 unspecified atom stereocenters. The highest BCUT2D eigenvalue weighted by Crippen LogP contribution is 2.26. The Morgan fingerprint density at radius 3 is 2.16 bits per heavy atom. The Balaban J connectivity index is 1.35. The lowest BCUT2D eigenvalue weighted by molar-refractivity contribution is -0.141. The van der Waals surface area contributed by atoms with Crippen LogP contribution in [0, 0.1) is 0 Å². The van der Waals surface area contributed by atoms with Gasteiger partial charge in [-0.1, -0.05) is 48.5 Å². The minimum Gasteiger partial charge on any atom is -0.486 e. The number of hydrogen-bond acceptors (Lipinski definition) is 5. The Morgan fingerprint density at radius 2 is 1.44 bits per heavy atom. The van der Waals surface area contributed by atoms with E-state index >= 15 is 0 Å². The molecule has 0 aromatic heterocycles. The van der Waals surface area contributed by atoms with E-state index in [2.05, 4.69) is 0 Å². The van der Waals surface area contributed by atoms with Crippen LogP contribution in [0.25, 0.3) is 0 Å². The van der Waals surface area contributed by atoms with Gasteiger partial charge in [-0.3, -0.25) is 14.5 Å². The predicted molar refractivity (Wildman–Crippen MR) is 118 cm³/mol. The van der Waals surface area contributed by atoms with Gasteiger partial charge in [0.1, 0.15) is 25.0 Å². The number of para-hydroxylation sites is 1. The number of amides is 2. The second-order valence-electron chi connectivity index (χ2n) is 8.15. The van der Waals surface area contributed by atoms with E-state index in [1.165, 1.54) is 4.90 Å². The number of ketones is 1. The van der Waals surface area contributed by atoms with E-state index in [-0.39, 0.29) is 24.9 Å². The third-order valence-corrected chi connectivity index (χ3v) is 6.01. The van der Waals surface area contributed by atoms with Crippen molar-refractivity contribution >= 4 is 17.8 Å². The van der Waals surface area contributed by atoms with Crippen LogP contribution in [0.5, 0.6) is 5.75 Å². The summed E-state index contributed by atoms with van der Waals surface area (Å²) in [5, 5.41) is 0. The summed E-state index contributed by atoms with van der Waals surface area (Å²) < 4.78 is 11.0. The molecule has 2 amide bonds. The van der Waals surface area contributed by atoms with Crippen molar-refractivity contribution in [2.24, 2.45) is 0 Å². The maximum Gasteiger partial charge on any atom is 0.410 e. The van der Waals surface area contributed by atoms with E-state index in [4.69, 9.17) is 9.47 Å². The van der Waals surface area contributed by atoms with Crippen molar-refractivity contribution in [1.29, 1.82) is 0 Å². The van der Waals surface area contributed by atoms with Crippen molar-refractivity contribution in [2.45, 2.75) is 44.4 Å². The van der Waals surface area contributed by atoms with Crippen LogP contribution >= 0.6 is 0 Å². The summed E-state index contributed by atoms with van der Waals surface area (Å²) in [5.74, 6) is 0.338. The number of ether oxygens (including phenoxy) is 2. The van der Waals surface area contributed by atoms with Crippen LogP contribution in [0.2, 0.25) is 0 Å². The van der Waals surface area contributed by atoms with Gasteiger partial charge in [-0.25, -0.2) is 4.79 Å². The molecule has 0 bridgehead atoms. The molecule has 7 nitrogen and oxygen atoms in total. The maximum atomic E-state index is 13.3. The molecule has 2 fully saturated rings. The zero-order valence-electron chi connectivity index (χ0n) is 18.0. The van der Waals surface area contributed by atoms with Crippen LogP contribution in [0.1, 0.15) is 31.2 Å². The number of nitrogens with zero attached hydrogens (tertiary/aromatic N) is 2. The molecular weight excluding hydrogens is 408 g/mol. The molecule has 7 heteroatoms. The average Bonchev–Trinajstić information content (AvgIpc) is 3.52. The maximum absolute atomic E-state index is 13.3. The number of hydrogen-bond donors (Lipinski definition) is 0. The molecule has 2 aromatic carbocycles. The van der Waals surface area contributed by atoms with Gasteiger partial charge in [0.15, 0.2) is 5.78 Å². The zero-order valence-corrected chi connectivity index (χ0v) is 18.0. The molecule has 0 saturated carbocycles. The lowest BCUT2D eigenvalue weighted by Crippen LogP contribution is -2.51. The van der Waals surface area contributed by atoms with E-state index in [1.54, 1.807) is 17.0 Å². The lowest BCUT2D eigenvalue weighted by atomic mass is 10.1. The monoisotopic (exact) mass is 436 g/mol. The second-order valence-corrected chi connectivity index (χ2v) is 8.15. The Kier molecular flexibility index (Phi) is 7.04. The van der Waals surface area contributed by atoms with Gasteiger partial charge < -0.3 is 14.4 Å². The number of Topliss-reactive ketones (excluding diaryl/α,β-unsaturated/α-hetero) is 1. The van der Waals surface area contributed by atoms with Gasteiger partial charge >= 0.3 is 6.09 Å². The highest BCUT2D eigenvalue weighted by Gasteiger charge is 2.42. The normalized spacial score (nSPS) is 20.2. The highest BCUT2D eigenvalue weighted by atomic mass is 16.6. The molecule has 2 aromatic rings. The fourth-order valence-electron chi connectivity index (χ4n) is 4.37. The van der Waals surface area contributed by atoms with Gasteiger partial charge in [0.25, 0.3) is 0 Å². The predicted octanol–water partition coefficient (Wildman–Crippen LogP) is 3.43. The number of carbonyl (C=O) groups is 3. The van der Waals surface area contributed by atoms with Gasteiger partial charge in [0.2, 0.25) is 5.91 Å². The van der Waals surface area contributed by atoms with Crippen molar-refractivity contribution in [3.05, 3.63) is 66.2 Å². The van der Waals surface area contributed by atoms with Crippen LogP contribution in [0.4, 0.5) is 4.79 Å². The zero-order chi connectivity index (χ0) is 22.3. The summed E-state index contributed by atoms with van der Waals surface area (Å²) in [6, 6.07) is 17.5. The summed E-state index contributed by atoms with van der Waals surface area (Å²) >= 11 is 0. The molecule has 2 saturated heterocycles. The van der Waals surface area contributed by atoms with Crippen molar-refractivity contribution < 1.29 is 23.9 Å². The highest BCUT2D eigenvalue weighted by molar-refractivity contribution is 5.93. The fraction of sp³-hybridized carbons (Fsp3) is 0.400. The molecule has 4 rings (SSSR count). The fourth-order valence-corrected chi connectivity index (χ4v) is 4.37. The van der Waals surface area contributed by atoms with Gasteiger partial charge in [0, 0.05) is 13.1 Å². The first-order valence-corrected chi connectivity index (χ1v) is 11.1. The molecule has 2 aliphatic rings. The summed E-state index contributed by atoms with van der Waals surface area (Å²) in [5.41, 5.74) is 0.895. The van der Waals surface area contributed by atoms with Crippen LogP contribution in [-0.4, -0.2) is 59.4 Å². The van der Waals surface area contributed by atoms with Gasteiger partial charge in [-0.2, -0.15) is 0 Å². The minimum atomic E-state index is -0.582. The Labute approximate surface area is 187 Å². The van der Waals surface area contributed by atoms with Crippen molar-refractivity contribution in [1.82, 2.24) is 9.80 Å². The molecule has 2 aliphatic heterocycles. The van der Waals surface area contributed by atoms with Gasteiger partial charge in [0.05, 0.1) is 6.04 Å². The topological polar surface area (TPSA) is 76.2 Å². The van der Waals surface area contributed by atoms with Crippen molar-refractivity contribution in [2.75, 3.05) is 19.7 Å². The molecule has 168 valence electrons. The van der Waals surface area contributed by atoms with Crippen LogP contribution < -0.4 is 4.74 Å². The first-order valence-electron chi connectivity index (χ1n) is 11.1. The smallest absolute Gasteiger partial charge is 0.410 e. The van der Waals surface area contributed by atoms with Crippen molar-refractivity contribution in [3.63, 3.8) is 0 Å². The second kappa shape index (κ2) is 10.3. The third-order valence-electron chi connectivity index (χ3n) is 6.01. The Morgan fingerprint density at radius 1 is 0.812 bits per heavy atom.